The number of carbonyl (C=O) groups is 2. The first-order valence-electron chi connectivity index (χ1n) is 8.33. The van der Waals surface area contributed by atoms with E-state index in [-0.39, 0.29) is 24.8 Å². The molecule has 27 heavy (non-hydrogen) atoms. The van der Waals surface area contributed by atoms with Crippen molar-refractivity contribution in [2.24, 2.45) is 0 Å². The van der Waals surface area contributed by atoms with Crippen molar-refractivity contribution in [1.29, 1.82) is 0 Å². The molecule has 8 heteroatoms. The Morgan fingerprint density at radius 3 is 2.78 bits per heavy atom. The highest BCUT2D eigenvalue weighted by atomic mass is 35.5. The number of hydrogen-bond acceptors (Lipinski definition) is 5. The van der Waals surface area contributed by atoms with E-state index in [1.165, 1.54) is 22.7 Å². The number of thiophene rings is 1. The number of hydrogen-bond donors (Lipinski definition) is 2. The van der Waals surface area contributed by atoms with E-state index in [0.717, 1.165) is 21.2 Å². The molecule has 0 bridgehead atoms. The molecule has 2 aromatic heterocycles. The molecule has 1 aromatic carbocycles. The molecule has 0 aliphatic rings. The van der Waals surface area contributed by atoms with Gasteiger partial charge in [-0.05, 0) is 30.0 Å². The predicted molar refractivity (Wildman–Crippen MR) is 111 cm³/mol. The molecule has 2 amide bonds. The third kappa shape index (κ3) is 5.38. The van der Waals surface area contributed by atoms with E-state index >= 15 is 0 Å². The van der Waals surface area contributed by atoms with Crippen LogP contribution in [0.5, 0.6) is 0 Å². The van der Waals surface area contributed by atoms with Crippen LogP contribution in [0, 0.1) is 6.92 Å². The number of anilines is 1. The first kappa shape index (κ1) is 19.5. The second kappa shape index (κ2) is 9.12. The van der Waals surface area contributed by atoms with Crippen LogP contribution in [0.3, 0.4) is 0 Å². The van der Waals surface area contributed by atoms with Gasteiger partial charge >= 0.3 is 0 Å². The van der Waals surface area contributed by atoms with Crippen LogP contribution in [0.1, 0.15) is 32.9 Å². The Kier molecular flexibility index (Phi) is 6.60. The lowest BCUT2D eigenvalue weighted by Crippen LogP contribution is -2.27. The lowest BCUT2D eigenvalue weighted by molar-refractivity contribution is -0.116. The molecule has 2 heterocycles. The van der Waals surface area contributed by atoms with Gasteiger partial charge in [0.05, 0.1) is 5.69 Å². The van der Waals surface area contributed by atoms with Gasteiger partial charge in [0.2, 0.25) is 5.91 Å². The van der Waals surface area contributed by atoms with Crippen molar-refractivity contribution in [3.63, 3.8) is 0 Å². The Labute approximate surface area is 170 Å². The van der Waals surface area contributed by atoms with E-state index in [1.54, 1.807) is 11.4 Å². The number of carbonyl (C=O) groups excluding carboxylic acids is 2. The van der Waals surface area contributed by atoms with Crippen LogP contribution >= 0.6 is 34.3 Å². The minimum Gasteiger partial charge on any atom is -0.351 e. The molecule has 3 aromatic rings. The summed E-state index contributed by atoms with van der Waals surface area (Å²) >= 11 is 9.12. The quantitative estimate of drug-likeness (QED) is 0.591. The molecule has 3 rings (SSSR count). The fourth-order valence-electron chi connectivity index (χ4n) is 2.43. The largest absolute Gasteiger partial charge is 0.351 e. The predicted octanol–water partition coefficient (Wildman–Crippen LogP) is 4.52. The van der Waals surface area contributed by atoms with Gasteiger partial charge in [0.25, 0.3) is 5.91 Å². The van der Waals surface area contributed by atoms with E-state index in [9.17, 15) is 9.59 Å². The maximum absolute atomic E-state index is 12.1. The number of benzene rings is 1. The van der Waals surface area contributed by atoms with Crippen LogP contribution < -0.4 is 10.6 Å². The maximum atomic E-state index is 12.1. The highest BCUT2D eigenvalue weighted by Crippen LogP contribution is 2.27. The first-order valence-corrected chi connectivity index (χ1v) is 10.5. The lowest BCUT2D eigenvalue weighted by atomic mass is 10.1. The van der Waals surface area contributed by atoms with Crippen molar-refractivity contribution in [3.05, 3.63) is 67.8 Å². The molecule has 0 aliphatic carbocycles. The van der Waals surface area contributed by atoms with Crippen LogP contribution in [0.4, 0.5) is 5.13 Å². The monoisotopic (exact) mass is 419 g/mol. The molecule has 0 saturated carbocycles. The van der Waals surface area contributed by atoms with Crippen molar-refractivity contribution in [3.8, 4) is 0 Å². The van der Waals surface area contributed by atoms with Crippen molar-refractivity contribution >= 4 is 51.2 Å². The zero-order valence-electron chi connectivity index (χ0n) is 14.6. The summed E-state index contributed by atoms with van der Waals surface area (Å²) in [5.74, 6) is -0.352. The number of rotatable bonds is 7. The fraction of sp³-hybridized carbons (Fsp3) is 0.211. The summed E-state index contributed by atoms with van der Waals surface area (Å²) in [6.07, 6.45) is 0.865. The van der Waals surface area contributed by atoms with Gasteiger partial charge in [0.1, 0.15) is 0 Å². The number of nitrogens with one attached hydrogen (secondary N) is 2. The van der Waals surface area contributed by atoms with Crippen LogP contribution in [0.25, 0.3) is 0 Å². The van der Waals surface area contributed by atoms with Gasteiger partial charge in [0.15, 0.2) is 5.13 Å². The third-order valence-corrected chi connectivity index (χ3v) is 5.99. The zero-order chi connectivity index (χ0) is 19.2. The standard InChI is InChI=1S/C19H18ClN3O2S2/c1-12-16(10-13-4-2-3-5-15(13)20)27-19(22-12)23-17(24)6-8-21-18(25)14-7-9-26-11-14/h2-5,7,9,11H,6,8,10H2,1H3,(H,21,25)(H,22,23,24). The minimum atomic E-state index is -0.182. The van der Waals surface area contributed by atoms with Gasteiger partial charge in [-0.1, -0.05) is 29.8 Å². The van der Waals surface area contributed by atoms with Crippen molar-refractivity contribution in [2.45, 2.75) is 19.8 Å². The number of thiazole rings is 1. The van der Waals surface area contributed by atoms with Crippen LogP contribution in [0.2, 0.25) is 5.02 Å². The maximum Gasteiger partial charge on any atom is 0.252 e. The van der Waals surface area contributed by atoms with Crippen LogP contribution in [-0.2, 0) is 11.2 Å². The summed E-state index contributed by atoms with van der Waals surface area (Å²) in [4.78, 5) is 29.4. The van der Waals surface area contributed by atoms with Gasteiger partial charge < -0.3 is 10.6 Å². The molecule has 5 nitrogen and oxygen atoms in total. The average molecular weight is 420 g/mol. The van der Waals surface area contributed by atoms with Crippen molar-refractivity contribution in [2.75, 3.05) is 11.9 Å². The lowest BCUT2D eigenvalue weighted by Gasteiger charge is -2.04. The number of halogens is 1. The highest BCUT2D eigenvalue weighted by molar-refractivity contribution is 7.15. The molecule has 0 spiro atoms. The Bertz CT molecular complexity index is 938. The van der Waals surface area contributed by atoms with Gasteiger partial charge in [-0.25, -0.2) is 4.98 Å². The highest BCUT2D eigenvalue weighted by Gasteiger charge is 2.13. The van der Waals surface area contributed by atoms with Gasteiger partial charge in [-0.3, -0.25) is 9.59 Å². The van der Waals surface area contributed by atoms with E-state index < -0.39 is 0 Å². The molecule has 0 saturated heterocycles. The Morgan fingerprint density at radius 1 is 1.22 bits per heavy atom. The summed E-state index contributed by atoms with van der Waals surface area (Å²) in [5.41, 5.74) is 2.51. The molecular formula is C19H18ClN3O2S2. The molecule has 2 N–H and O–H groups in total. The normalized spacial score (nSPS) is 10.6. The molecular weight excluding hydrogens is 402 g/mol. The second-order valence-corrected chi connectivity index (χ2v) is 8.13. The Morgan fingerprint density at radius 2 is 2.04 bits per heavy atom. The van der Waals surface area contributed by atoms with Crippen LogP contribution in [0.15, 0.2) is 41.1 Å². The van der Waals surface area contributed by atoms with E-state index in [1.807, 2.05) is 36.6 Å². The fourth-order valence-corrected chi connectivity index (χ4v) is 4.27. The summed E-state index contributed by atoms with van der Waals surface area (Å²) in [6.45, 7) is 2.19. The third-order valence-electron chi connectivity index (χ3n) is 3.87. The van der Waals surface area contributed by atoms with Crippen molar-refractivity contribution in [1.82, 2.24) is 10.3 Å². The van der Waals surface area contributed by atoms with Gasteiger partial charge in [0, 0.05) is 40.2 Å². The topological polar surface area (TPSA) is 71.1 Å². The van der Waals surface area contributed by atoms with Crippen LogP contribution in [-0.4, -0.2) is 23.3 Å². The number of nitrogens with zero attached hydrogens (tertiary/aromatic N) is 1. The Balaban J connectivity index is 1.51. The van der Waals surface area contributed by atoms with Gasteiger partial charge in [-0.2, -0.15) is 11.3 Å². The zero-order valence-corrected chi connectivity index (χ0v) is 17.0. The summed E-state index contributed by atoms with van der Waals surface area (Å²) in [7, 11) is 0. The minimum absolute atomic E-state index is 0.170. The smallest absolute Gasteiger partial charge is 0.252 e. The Hall–Kier alpha value is -2.22. The molecule has 0 aliphatic heterocycles. The number of aryl methyl sites for hydroxylation is 1. The summed E-state index contributed by atoms with van der Waals surface area (Å²) < 4.78 is 0. The number of aromatic nitrogens is 1. The van der Waals surface area contributed by atoms with Gasteiger partial charge in [-0.15, -0.1) is 11.3 Å². The molecule has 0 atom stereocenters. The second-order valence-electron chi connectivity index (χ2n) is 5.86. The molecule has 140 valence electrons. The van der Waals surface area contributed by atoms with E-state index in [2.05, 4.69) is 15.6 Å². The summed E-state index contributed by atoms with van der Waals surface area (Å²) in [6, 6.07) is 9.44. The van der Waals surface area contributed by atoms with E-state index in [0.29, 0.717) is 17.1 Å². The molecule has 0 radical (unpaired) electrons. The molecule has 0 unspecified atom stereocenters. The summed E-state index contributed by atoms with van der Waals surface area (Å²) in [5, 5.41) is 10.4. The number of amides is 2. The van der Waals surface area contributed by atoms with Crippen molar-refractivity contribution < 1.29 is 9.59 Å². The average Bonchev–Trinajstić information content (AvgIpc) is 3.27. The first-order chi connectivity index (χ1) is 13.0. The SMILES string of the molecule is Cc1nc(NC(=O)CCNC(=O)c2ccsc2)sc1Cc1ccccc1Cl. The van der Waals surface area contributed by atoms with E-state index in [4.69, 9.17) is 11.6 Å². The molecule has 0 fully saturated rings.